The molecule has 11 heteroatoms. The van der Waals surface area contributed by atoms with Gasteiger partial charge in [0.1, 0.15) is 12.7 Å². The lowest BCUT2D eigenvalue weighted by Gasteiger charge is -2.35. The zero-order chi connectivity index (χ0) is 25.3. The molecular weight excluding hydrogens is 503 g/mol. The summed E-state index contributed by atoms with van der Waals surface area (Å²) in [6.45, 7) is 0.447. The van der Waals surface area contributed by atoms with Crippen LogP contribution in [0.1, 0.15) is 34.1 Å². The van der Waals surface area contributed by atoms with E-state index in [2.05, 4.69) is 41.8 Å². The Morgan fingerprint density at radius 3 is 2.57 bits per heavy atom. The highest BCUT2D eigenvalue weighted by molar-refractivity contribution is 7.98. The summed E-state index contributed by atoms with van der Waals surface area (Å²) in [5.41, 5.74) is 5.34. The first-order valence-corrected chi connectivity index (χ1v) is 12.0. The predicted octanol–water partition coefficient (Wildman–Crippen LogP) is 5.00. The van der Waals surface area contributed by atoms with Crippen molar-refractivity contribution < 1.29 is 23.1 Å². The molecular formula is C24H21ClF3N3O3S. The van der Waals surface area contributed by atoms with Crippen LogP contribution in [-0.2, 0) is 12.2 Å². The molecule has 0 saturated heterocycles. The number of benzene rings is 2. The largest absolute Gasteiger partial charge is 0.502 e. The number of rotatable bonds is 1. The third-order valence-electron chi connectivity index (χ3n) is 5.79. The molecule has 3 heterocycles. The maximum atomic E-state index is 12.6. The van der Waals surface area contributed by atoms with Crippen LogP contribution in [0, 0.1) is 0 Å². The van der Waals surface area contributed by atoms with Gasteiger partial charge in [-0.25, -0.2) is 0 Å². The van der Waals surface area contributed by atoms with Crippen molar-refractivity contribution >= 4 is 29.3 Å². The Bertz CT molecular complexity index is 1330. The smallest absolute Gasteiger partial charge is 0.408 e. The minimum atomic E-state index is -4.59. The van der Waals surface area contributed by atoms with Crippen LogP contribution in [0.15, 0.2) is 64.4 Å². The van der Waals surface area contributed by atoms with E-state index in [0.29, 0.717) is 4.90 Å². The van der Waals surface area contributed by atoms with Crippen molar-refractivity contribution in [1.82, 2.24) is 9.58 Å². The Morgan fingerprint density at radius 2 is 1.83 bits per heavy atom. The van der Waals surface area contributed by atoms with Gasteiger partial charge in [0.05, 0.1) is 0 Å². The maximum Gasteiger partial charge on any atom is 0.408 e. The fourth-order valence-electron chi connectivity index (χ4n) is 3.76. The van der Waals surface area contributed by atoms with Crippen molar-refractivity contribution in [2.24, 2.45) is 0 Å². The van der Waals surface area contributed by atoms with E-state index in [1.807, 2.05) is 17.8 Å². The van der Waals surface area contributed by atoms with Gasteiger partial charge in [-0.2, -0.15) is 13.2 Å². The second-order valence-electron chi connectivity index (χ2n) is 8.04. The van der Waals surface area contributed by atoms with Crippen LogP contribution in [0.25, 0.3) is 0 Å². The van der Waals surface area contributed by atoms with E-state index in [4.69, 9.17) is 11.6 Å². The molecule has 184 valence electrons. The molecule has 3 aromatic rings. The minimum Gasteiger partial charge on any atom is -0.502 e. The van der Waals surface area contributed by atoms with E-state index in [9.17, 15) is 27.9 Å². The number of pyridine rings is 1. The van der Waals surface area contributed by atoms with Gasteiger partial charge in [-0.1, -0.05) is 35.9 Å². The SMILES string of the molecule is C[C@H](N1CNn2ccc(=O)c(O)c2C1=O)C(F)(F)F.Clc1ccc2c(c1)Cc1ccccc1SC2. The molecule has 0 fully saturated rings. The number of hydrogen-bond donors (Lipinski definition) is 2. The van der Waals surface area contributed by atoms with Crippen molar-refractivity contribution in [3.63, 3.8) is 0 Å². The number of amides is 1. The normalized spacial score (nSPS) is 15.5. The van der Waals surface area contributed by atoms with Crippen LogP contribution in [0.2, 0.25) is 5.02 Å². The highest BCUT2D eigenvalue weighted by Gasteiger charge is 2.44. The fraction of sp³-hybridized carbons (Fsp3) is 0.250. The van der Waals surface area contributed by atoms with Gasteiger partial charge >= 0.3 is 6.18 Å². The topological polar surface area (TPSA) is 74.6 Å². The molecule has 2 aliphatic heterocycles. The Labute approximate surface area is 208 Å². The zero-order valence-corrected chi connectivity index (χ0v) is 20.0. The van der Waals surface area contributed by atoms with Gasteiger partial charge in [-0.15, -0.1) is 11.8 Å². The molecule has 0 spiro atoms. The van der Waals surface area contributed by atoms with E-state index in [0.717, 1.165) is 34.9 Å². The van der Waals surface area contributed by atoms with Crippen LogP contribution in [0.3, 0.4) is 0 Å². The standard InChI is InChI=1S/C14H11ClS.C10H10F3N3O3/c15-13-6-5-11-9-16-14-4-2-1-3-10(14)7-12(11)8-13;1-5(10(11,12)13)15-4-14-16-3-2-6(17)8(18)7(16)9(15)19/h1-6,8H,7,9H2;2-3,5,14,18H,4H2,1H3/t;5-/m.0/s1. The third-order valence-corrected chi connectivity index (χ3v) is 7.19. The summed E-state index contributed by atoms with van der Waals surface area (Å²) < 4.78 is 38.9. The third kappa shape index (κ3) is 5.28. The Hall–Kier alpha value is -3.11. The average Bonchev–Trinajstić information content (AvgIpc) is 3.00. The summed E-state index contributed by atoms with van der Waals surface area (Å²) >= 11 is 7.97. The van der Waals surface area contributed by atoms with Crippen molar-refractivity contribution in [3.05, 3.63) is 92.4 Å². The number of carbonyl (C=O) groups excluding carboxylic acids is 1. The van der Waals surface area contributed by atoms with Gasteiger partial charge in [0.25, 0.3) is 5.91 Å². The fourth-order valence-corrected chi connectivity index (χ4v) is 5.05. The number of hydrogen-bond acceptors (Lipinski definition) is 5. The van der Waals surface area contributed by atoms with Gasteiger partial charge < -0.3 is 15.4 Å². The van der Waals surface area contributed by atoms with Crippen molar-refractivity contribution in [3.8, 4) is 5.75 Å². The lowest BCUT2D eigenvalue weighted by molar-refractivity contribution is -0.172. The Kier molecular flexibility index (Phi) is 7.05. The molecule has 0 saturated carbocycles. The van der Waals surface area contributed by atoms with Crippen LogP contribution in [0.5, 0.6) is 5.75 Å². The summed E-state index contributed by atoms with van der Waals surface area (Å²) in [4.78, 5) is 25.1. The molecule has 2 N–H and O–H groups in total. The number of aromatic nitrogens is 1. The van der Waals surface area contributed by atoms with Gasteiger partial charge in [0.2, 0.25) is 5.43 Å². The quantitative estimate of drug-likeness (QED) is 0.470. The summed E-state index contributed by atoms with van der Waals surface area (Å²) in [6.07, 6.45) is -2.42. The molecule has 0 radical (unpaired) electrons. The zero-order valence-electron chi connectivity index (χ0n) is 18.5. The van der Waals surface area contributed by atoms with Crippen LogP contribution < -0.4 is 10.9 Å². The number of thioether (sulfide) groups is 1. The summed E-state index contributed by atoms with van der Waals surface area (Å²) in [7, 11) is 0. The van der Waals surface area contributed by atoms with Crippen LogP contribution in [-0.4, -0.2) is 39.5 Å². The highest BCUT2D eigenvalue weighted by Crippen LogP contribution is 2.34. The van der Waals surface area contributed by atoms with Gasteiger partial charge in [0, 0.05) is 27.9 Å². The Balaban J connectivity index is 0.000000167. The first-order chi connectivity index (χ1) is 16.6. The maximum absolute atomic E-state index is 12.6. The predicted molar refractivity (Wildman–Crippen MR) is 129 cm³/mol. The summed E-state index contributed by atoms with van der Waals surface area (Å²) in [5.74, 6) is -0.887. The van der Waals surface area contributed by atoms with Crippen molar-refractivity contribution in [2.45, 2.75) is 36.2 Å². The number of nitrogens with zero attached hydrogens (tertiary/aromatic N) is 2. The number of aromatic hydroxyl groups is 1. The van der Waals surface area contributed by atoms with Crippen molar-refractivity contribution in [1.29, 1.82) is 0 Å². The number of nitrogens with one attached hydrogen (secondary N) is 1. The van der Waals surface area contributed by atoms with E-state index in [1.165, 1.54) is 27.8 Å². The summed E-state index contributed by atoms with van der Waals surface area (Å²) in [5, 5.41) is 10.4. The van der Waals surface area contributed by atoms with E-state index in [-0.39, 0.29) is 6.67 Å². The molecule has 0 bridgehead atoms. The van der Waals surface area contributed by atoms with E-state index in [1.54, 1.807) is 0 Å². The number of carbonyl (C=O) groups is 1. The molecule has 2 aromatic carbocycles. The minimum absolute atomic E-state index is 0.380. The second kappa shape index (κ2) is 9.87. The van der Waals surface area contributed by atoms with Crippen LogP contribution in [0.4, 0.5) is 13.2 Å². The second-order valence-corrected chi connectivity index (χ2v) is 9.50. The number of halogens is 4. The first kappa shape index (κ1) is 25.0. The van der Waals surface area contributed by atoms with Crippen LogP contribution >= 0.6 is 23.4 Å². The number of alkyl halides is 3. The molecule has 6 nitrogen and oxygen atoms in total. The lowest BCUT2D eigenvalue weighted by atomic mass is 10.0. The Morgan fingerprint density at radius 1 is 1.09 bits per heavy atom. The summed E-state index contributed by atoms with van der Waals surface area (Å²) in [6, 6.07) is 13.8. The molecule has 5 rings (SSSR count). The van der Waals surface area contributed by atoms with Gasteiger partial charge in [-0.05, 0) is 48.2 Å². The average molecular weight is 524 g/mol. The van der Waals surface area contributed by atoms with E-state index < -0.39 is 35.0 Å². The molecule has 1 atom stereocenters. The lowest BCUT2D eigenvalue weighted by Crippen LogP contribution is -2.54. The molecule has 1 amide bonds. The first-order valence-electron chi connectivity index (χ1n) is 10.6. The molecule has 0 unspecified atom stereocenters. The molecule has 2 aliphatic rings. The van der Waals surface area contributed by atoms with Gasteiger partial charge in [-0.3, -0.25) is 14.3 Å². The molecule has 1 aromatic heterocycles. The van der Waals surface area contributed by atoms with Gasteiger partial charge in [0.15, 0.2) is 11.4 Å². The highest BCUT2D eigenvalue weighted by atomic mass is 35.5. The monoisotopic (exact) mass is 523 g/mol. The number of fused-ring (bicyclic) bond motifs is 3. The van der Waals surface area contributed by atoms with Crippen molar-refractivity contribution in [2.75, 3.05) is 12.1 Å². The molecule has 35 heavy (non-hydrogen) atoms. The molecule has 0 aliphatic carbocycles. The van der Waals surface area contributed by atoms with E-state index >= 15 is 0 Å².